The van der Waals surface area contributed by atoms with Crippen molar-refractivity contribution in [3.8, 4) is 0 Å². The Morgan fingerprint density at radius 2 is 1.52 bits per heavy atom. The van der Waals surface area contributed by atoms with E-state index < -0.39 is 23.5 Å². The first-order chi connectivity index (χ1) is 15.5. The molecule has 1 heterocycles. The molecular weight excluding hydrogens is 446 g/mol. The molecule has 2 aromatic carbocycles. The number of anilines is 1. The zero-order valence-corrected chi connectivity index (χ0v) is 17.8. The Bertz CT molecular complexity index is 980. The summed E-state index contributed by atoms with van der Waals surface area (Å²) in [5.41, 5.74) is -2.63. The average Bonchev–Trinajstić information content (AvgIpc) is 3.12. The molecule has 3 rings (SSSR count). The normalized spacial score (nSPS) is 17.0. The second-order valence-electron chi connectivity index (χ2n) is 7.92. The molecule has 33 heavy (non-hydrogen) atoms. The van der Waals surface area contributed by atoms with E-state index in [4.69, 9.17) is 0 Å². The van der Waals surface area contributed by atoms with Crippen molar-refractivity contribution in [1.82, 2.24) is 0 Å². The van der Waals surface area contributed by atoms with Crippen molar-refractivity contribution in [2.75, 3.05) is 11.9 Å². The first-order valence-electron chi connectivity index (χ1n) is 10.5. The van der Waals surface area contributed by atoms with Crippen LogP contribution in [-0.2, 0) is 12.0 Å². The zero-order valence-electron chi connectivity index (χ0n) is 17.8. The molecule has 0 bridgehead atoms. The summed E-state index contributed by atoms with van der Waals surface area (Å²) in [4.78, 5) is 4.60. The molecule has 1 aliphatic heterocycles. The number of alkyl halides is 6. The number of nitrogens with one attached hydrogen (secondary N) is 1. The van der Waals surface area contributed by atoms with Gasteiger partial charge in [0.25, 0.3) is 5.60 Å². The van der Waals surface area contributed by atoms with Gasteiger partial charge in [0.1, 0.15) is 0 Å². The molecule has 2 aromatic rings. The Balaban J connectivity index is 1.74. The molecule has 1 unspecified atom stereocenters. The van der Waals surface area contributed by atoms with Crippen molar-refractivity contribution < 1.29 is 31.4 Å². The van der Waals surface area contributed by atoms with Crippen LogP contribution in [0.1, 0.15) is 30.9 Å². The lowest BCUT2D eigenvalue weighted by atomic mass is 9.92. The SMILES string of the molecule is CCCC1=C(CNc2ccc(C(O)(C(F)(F)F)C(F)(F)F)cc2)C=NC1Cc1ccccc1. The van der Waals surface area contributed by atoms with Crippen LogP contribution in [0.5, 0.6) is 0 Å². The number of nitrogens with zero attached hydrogens (tertiary/aromatic N) is 1. The van der Waals surface area contributed by atoms with Crippen LogP contribution in [0.4, 0.5) is 32.0 Å². The van der Waals surface area contributed by atoms with Crippen LogP contribution in [0, 0.1) is 0 Å². The fourth-order valence-corrected chi connectivity index (χ4v) is 3.85. The Kier molecular flexibility index (Phi) is 7.21. The molecule has 0 radical (unpaired) electrons. The number of halogens is 6. The highest BCUT2D eigenvalue weighted by Gasteiger charge is 2.71. The number of hydrogen-bond acceptors (Lipinski definition) is 3. The summed E-state index contributed by atoms with van der Waals surface area (Å²) in [7, 11) is 0. The molecule has 0 amide bonds. The standard InChI is InChI=1S/C24H24F6N2O/c1-2-6-20-17(15-32-21(20)13-16-7-4-3-5-8-16)14-31-19-11-9-18(10-12-19)22(33,23(25,26)27)24(28,29)30/h3-5,7-12,15,21,31,33H,2,6,13-14H2,1H3. The number of aliphatic imine (C=N–C) groups is 1. The van der Waals surface area contributed by atoms with Gasteiger partial charge in [-0.2, -0.15) is 26.3 Å². The van der Waals surface area contributed by atoms with Gasteiger partial charge in [-0.3, -0.25) is 4.99 Å². The maximum Gasteiger partial charge on any atom is 0.430 e. The third-order valence-corrected chi connectivity index (χ3v) is 5.62. The summed E-state index contributed by atoms with van der Waals surface area (Å²) in [5.74, 6) is 0. The predicted molar refractivity (Wildman–Crippen MR) is 115 cm³/mol. The van der Waals surface area contributed by atoms with Crippen LogP contribution in [-0.4, -0.2) is 36.3 Å². The van der Waals surface area contributed by atoms with Gasteiger partial charge in [-0.1, -0.05) is 55.8 Å². The van der Waals surface area contributed by atoms with Crippen molar-refractivity contribution in [1.29, 1.82) is 0 Å². The Morgan fingerprint density at radius 1 is 0.909 bits per heavy atom. The molecule has 0 saturated heterocycles. The maximum atomic E-state index is 13.0. The molecule has 0 aromatic heterocycles. The van der Waals surface area contributed by atoms with E-state index in [0.717, 1.165) is 48.1 Å². The van der Waals surface area contributed by atoms with Crippen molar-refractivity contribution in [3.63, 3.8) is 0 Å². The number of hydrogen-bond donors (Lipinski definition) is 2. The molecule has 0 aliphatic carbocycles. The van der Waals surface area contributed by atoms with Gasteiger partial charge in [-0.25, -0.2) is 0 Å². The molecule has 0 fully saturated rings. The summed E-state index contributed by atoms with van der Waals surface area (Å²) in [6.07, 6.45) is -7.56. The molecule has 0 spiro atoms. The van der Waals surface area contributed by atoms with Crippen LogP contribution in [0.15, 0.2) is 70.7 Å². The maximum absolute atomic E-state index is 13.0. The number of rotatable bonds is 8. The van der Waals surface area contributed by atoms with Gasteiger partial charge in [-0.05, 0) is 41.7 Å². The van der Waals surface area contributed by atoms with E-state index in [1.54, 1.807) is 6.21 Å². The molecule has 2 N–H and O–H groups in total. The summed E-state index contributed by atoms with van der Waals surface area (Å²) in [5, 5.41) is 12.5. The largest absolute Gasteiger partial charge is 0.430 e. The van der Waals surface area contributed by atoms with Crippen molar-refractivity contribution in [3.05, 3.63) is 76.9 Å². The van der Waals surface area contributed by atoms with Gasteiger partial charge in [0, 0.05) is 24.0 Å². The molecule has 3 nitrogen and oxygen atoms in total. The molecular formula is C24H24F6N2O. The second-order valence-corrected chi connectivity index (χ2v) is 7.92. The van der Waals surface area contributed by atoms with Gasteiger partial charge < -0.3 is 10.4 Å². The third-order valence-electron chi connectivity index (χ3n) is 5.62. The molecule has 1 atom stereocenters. The molecule has 178 valence electrons. The Labute approximate surface area is 187 Å². The van der Waals surface area contributed by atoms with Gasteiger partial charge in [0.05, 0.1) is 6.04 Å². The smallest absolute Gasteiger partial charge is 0.381 e. The van der Waals surface area contributed by atoms with Crippen LogP contribution in [0.2, 0.25) is 0 Å². The number of benzene rings is 2. The van der Waals surface area contributed by atoms with E-state index >= 15 is 0 Å². The van der Waals surface area contributed by atoms with Crippen LogP contribution >= 0.6 is 0 Å². The van der Waals surface area contributed by atoms with E-state index in [2.05, 4.69) is 17.2 Å². The lowest BCUT2D eigenvalue weighted by Gasteiger charge is -2.32. The zero-order chi connectivity index (χ0) is 24.3. The lowest BCUT2D eigenvalue weighted by molar-refractivity contribution is -0.376. The Hall–Kier alpha value is -2.81. The van der Waals surface area contributed by atoms with Crippen LogP contribution in [0.3, 0.4) is 0 Å². The van der Waals surface area contributed by atoms with Crippen molar-refractivity contribution in [2.24, 2.45) is 4.99 Å². The Morgan fingerprint density at radius 3 is 2.06 bits per heavy atom. The predicted octanol–water partition coefficient (Wildman–Crippen LogP) is 6.20. The van der Waals surface area contributed by atoms with Gasteiger partial charge in [-0.15, -0.1) is 0 Å². The monoisotopic (exact) mass is 470 g/mol. The average molecular weight is 470 g/mol. The van der Waals surface area contributed by atoms with Gasteiger partial charge in [0.2, 0.25) is 0 Å². The van der Waals surface area contributed by atoms with E-state index in [-0.39, 0.29) is 6.04 Å². The van der Waals surface area contributed by atoms with Gasteiger partial charge in [0.15, 0.2) is 0 Å². The second kappa shape index (κ2) is 9.59. The minimum atomic E-state index is -5.91. The van der Waals surface area contributed by atoms with Crippen LogP contribution < -0.4 is 5.32 Å². The van der Waals surface area contributed by atoms with E-state index in [9.17, 15) is 31.4 Å². The van der Waals surface area contributed by atoms with Crippen LogP contribution in [0.25, 0.3) is 0 Å². The summed E-state index contributed by atoms with van der Waals surface area (Å²) in [6, 6.07) is 13.4. The van der Waals surface area contributed by atoms with Gasteiger partial charge >= 0.3 is 12.4 Å². The first-order valence-corrected chi connectivity index (χ1v) is 10.5. The third kappa shape index (κ3) is 5.24. The fraction of sp³-hybridized carbons (Fsp3) is 0.375. The minimum Gasteiger partial charge on any atom is -0.381 e. The minimum absolute atomic E-state index is 0.0000949. The lowest BCUT2D eigenvalue weighted by Crippen LogP contribution is -2.53. The highest BCUT2D eigenvalue weighted by molar-refractivity contribution is 5.84. The highest BCUT2D eigenvalue weighted by Crippen LogP contribution is 2.50. The van der Waals surface area contributed by atoms with Crippen molar-refractivity contribution in [2.45, 2.75) is 50.2 Å². The topological polar surface area (TPSA) is 44.6 Å². The summed E-state index contributed by atoms with van der Waals surface area (Å²) in [6.45, 7) is 2.38. The molecule has 1 aliphatic rings. The molecule has 9 heteroatoms. The summed E-state index contributed by atoms with van der Waals surface area (Å²) < 4.78 is 78.2. The van der Waals surface area contributed by atoms with Crippen molar-refractivity contribution >= 4 is 11.9 Å². The first kappa shape index (κ1) is 24.8. The van der Waals surface area contributed by atoms with E-state index in [1.807, 2.05) is 30.3 Å². The number of aliphatic hydroxyl groups is 1. The highest BCUT2D eigenvalue weighted by atomic mass is 19.4. The van der Waals surface area contributed by atoms with E-state index in [1.165, 1.54) is 0 Å². The fourth-order valence-electron chi connectivity index (χ4n) is 3.85. The molecule has 0 saturated carbocycles. The van der Waals surface area contributed by atoms with E-state index in [0.29, 0.717) is 24.4 Å². The summed E-state index contributed by atoms with van der Waals surface area (Å²) >= 11 is 0. The quantitative estimate of drug-likeness (QED) is 0.451.